The number of amides is 1. The Morgan fingerprint density at radius 3 is 2.44 bits per heavy atom. The molecule has 0 radical (unpaired) electrons. The highest BCUT2D eigenvalue weighted by atomic mass is 32.2. The van der Waals surface area contributed by atoms with Crippen molar-refractivity contribution in [2.24, 2.45) is 0 Å². The molecule has 0 bridgehead atoms. The van der Waals surface area contributed by atoms with Crippen LogP contribution in [0.3, 0.4) is 0 Å². The Morgan fingerprint density at radius 2 is 1.72 bits per heavy atom. The number of fused-ring (bicyclic) bond motifs is 1. The van der Waals surface area contributed by atoms with E-state index in [0.717, 1.165) is 0 Å². The molecule has 2 aromatic carbocycles. The molecule has 168 valence electrons. The zero-order valence-corrected chi connectivity index (χ0v) is 18.7. The minimum Gasteiger partial charge on any atom is -0.343 e. The molecule has 0 atom stereocenters. The maximum Gasteiger partial charge on any atom is 0.261 e. The second kappa shape index (κ2) is 9.22. The van der Waals surface area contributed by atoms with Crippen LogP contribution in [-0.2, 0) is 21.4 Å². The van der Waals surface area contributed by atoms with E-state index >= 15 is 0 Å². The summed E-state index contributed by atoms with van der Waals surface area (Å²) in [5.41, 5.74) is 0.507. The first kappa shape index (κ1) is 22.2. The zero-order valence-electron chi connectivity index (χ0n) is 17.9. The van der Waals surface area contributed by atoms with E-state index in [4.69, 9.17) is 0 Å². The Labute approximate surface area is 186 Å². The lowest BCUT2D eigenvalue weighted by molar-refractivity contribution is -0.132. The normalized spacial score (nSPS) is 15.2. The summed E-state index contributed by atoms with van der Waals surface area (Å²) in [4.78, 5) is 31.9. The lowest BCUT2D eigenvalue weighted by atomic mass is 10.1. The van der Waals surface area contributed by atoms with Gasteiger partial charge in [0.05, 0.1) is 15.8 Å². The molecule has 3 aromatic rings. The van der Waals surface area contributed by atoms with E-state index in [2.05, 4.69) is 9.71 Å². The average Bonchev–Trinajstić information content (AvgIpc) is 2.79. The lowest BCUT2D eigenvalue weighted by Gasteiger charge is -2.32. The van der Waals surface area contributed by atoms with Gasteiger partial charge in [-0.1, -0.05) is 30.3 Å². The number of benzene rings is 2. The third-order valence-corrected chi connectivity index (χ3v) is 7.36. The summed E-state index contributed by atoms with van der Waals surface area (Å²) in [5, 5.41) is 0.539. The zero-order chi connectivity index (χ0) is 22.7. The number of nitrogens with one attached hydrogen (secondary N) is 1. The van der Waals surface area contributed by atoms with Gasteiger partial charge < -0.3 is 4.90 Å². The van der Waals surface area contributed by atoms with Crippen LogP contribution >= 0.6 is 0 Å². The highest BCUT2D eigenvalue weighted by molar-refractivity contribution is 7.89. The van der Waals surface area contributed by atoms with Crippen molar-refractivity contribution in [2.45, 2.75) is 43.7 Å². The molecule has 2 heterocycles. The van der Waals surface area contributed by atoms with Crippen LogP contribution < -0.4 is 10.3 Å². The smallest absolute Gasteiger partial charge is 0.261 e. The van der Waals surface area contributed by atoms with Gasteiger partial charge in [-0.3, -0.25) is 14.2 Å². The SMILES string of the molecule is Cc1nc2ccccc2c(=O)n1CCC(=O)N1CCC(NS(=O)(=O)c2ccccc2)CC1. The molecule has 1 fully saturated rings. The Balaban J connectivity index is 1.34. The fourth-order valence-electron chi connectivity index (χ4n) is 4.04. The molecule has 0 unspecified atom stereocenters. The van der Waals surface area contributed by atoms with E-state index in [1.807, 2.05) is 6.07 Å². The molecular formula is C23H26N4O4S. The first-order valence-electron chi connectivity index (χ1n) is 10.7. The van der Waals surface area contributed by atoms with Gasteiger partial charge in [0, 0.05) is 32.1 Å². The van der Waals surface area contributed by atoms with E-state index in [1.54, 1.807) is 64.9 Å². The van der Waals surface area contributed by atoms with Gasteiger partial charge in [-0.2, -0.15) is 0 Å². The van der Waals surface area contributed by atoms with Crippen LogP contribution in [-0.4, -0.2) is 47.9 Å². The average molecular weight is 455 g/mol. The number of piperidine rings is 1. The summed E-state index contributed by atoms with van der Waals surface area (Å²) in [6.45, 7) is 2.99. The van der Waals surface area contributed by atoms with Crippen LogP contribution in [0, 0.1) is 6.92 Å². The summed E-state index contributed by atoms with van der Waals surface area (Å²) in [6, 6.07) is 15.2. The van der Waals surface area contributed by atoms with Gasteiger partial charge in [-0.15, -0.1) is 0 Å². The number of aryl methyl sites for hydroxylation is 1. The first-order valence-corrected chi connectivity index (χ1v) is 12.1. The molecule has 8 nitrogen and oxygen atoms in total. The Bertz CT molecular complexity index is 1280. The number of nitrogens with zero attached hydrogens (tertiary/aromatic N) is 3. The molecule has 0 saturated carbocycles. The number of hydrogen-bond acceptors (Lipinski definition) is 5. The van der Waals surface area contributed by atoms with Crippen molar-refractivity contribution in [3.63, 3.8) is 0 Å². The maximum atomic E-state index is 12.8. The molecule has 1 amide bonds. The molecule has 0 aliphatic carbocycles. The third-order valence-electron chi connectivity index (χ3n) is 5.82. The van der Waals surface area contributed by atoms with E-state index in [-0.39, 0.29) is 35.4 Å². The molecule has 4 rings (SSSR count). The molecule has 1 aliphatic rings. The van der Waals surface area contributed by atoms with Crippen LogP contribution in [0.1, 0.15) is 25.1 Å². The Kier molecular flexibility index (Phi) is 6.38. The van der Waals surface area contributed by atoms with E-state index in [0.29, 0.717) is 42.7 Å². The van der Waals surface area contributed by atoms with E-state index in [1.165, 1.54) is 0 Å². The molecule has 0 spiro atoms. The number of likely N-dealkylation sites (tertiary alicyclic amines) is 1. The Hall–Kier alpha value is -3.04. The molecule has 32 heavy (non-hydrogen) atoms. The predicted octanol–water partition coefficient (Wildman–Crippen LogP) is 2.06. The summed E-state index contributed by atoms with van der Waals surface area (Å²) in [7, 11) is -3.57. The highest BCUT2D eigenvalue weighted by Gasteiger charge is 2.26. The largest absolute Gasteiger partial charge is 0.343 e. The second-order valence-electron chi connectivity index (χ2n) is 7.97. The molecular weight excluding hydrogens is 428 g/mol. The van der Waals surface area contributed by atoms with Gasteiger partial charge in [-0.25, -0.2) is 18.1 Å². The minimum absolute atomic E-state index is 0.0474. The number of aromatic nitrogens is 2. The highest BCUT2D eigenvalue weighted by Crippen LogP contribution is 2.16. The van der Waals surface area contributed by atoms with Crippen LogP contribution in [0.15, 0.2) is 64.3 Å². The summed E-state index contributed by atoms with van der Waals surface area (Å²) >= 11 is 0. The lowest BCUT2D eigenvalue weighted by Crippen LogP contribution is -2.46. The first-order chi connectivity index (χ1) is 15.3. The van der Waals surface area contributed by atoms with Crippen molar-refractivity contribution in [3.05, 3.63) is 70.8 Å². The van der Waals surface area contributed by atoms with Crippen molar-refractivity contribution in [3.8, 4) is 0 Å². The number of rotatable bonds is 6. The standard InChI is InChI=1S/C23H26N4O4S/c1-17-24-21-10-6-5-9-20(21)23(29)27(17)16-13-22(28)26-14-11-18(12-15-26)25-32(30,31)19-7-3-2-4-8-19/h2-10,18,25H,11-16H2,1H3. The molecule has 1 aromatic heterocycles. The van der Waals surface area contributed by atoms with E-state index < -0.39 is 10.0 Å². The molecule has 1 N–H and O–H groups in total. The monoisotopic (exact) mass is 454 g/mol. The summed E-state index contributed by atoms with van der Waals surface area (Å²) in [6.07, 6.45) is 1.30. The van der Waals surface area contributed by atoms with Gasteiger partial charge in [-0.05, 0) is 44.0 Å². The van der Waals surface area contributed by atoms with Crippen molar-refractivity contribution >= 4 is 26.8 Å². The van der Waals surface area contributed by atoms with Crippen molar-refractivity contribution in [1.29, 1.82) is 0 Å². The fraction of sp³-hybridized carbons (Fsp3) is 0.348. The second-order valence-corrected chi connectivity index (χ2v) is 9.69. The van der Waals surface area contributed by atoms with Gasteiger partial charge in [0.1, 0.15) is 5.82 Å². The van der Waals surface area contributed by atoms with Crippen LogP contribution in [0.25, 0.3) is 10.9 Å². The molecule has 1 saturated heterocycles. The predicted molar refractivity (Wildman–Crippen MR) is 122 cm³/mol. The van der Waals surface area contributed by atoms with Crippen molar-refractivity contribution in [2.75, 3.05) is 13.1 Å². The van der Waals surface area contributed by atoms with Gasteiger partial charge >= 0.3 is 0 Å². The summed E-state index contributed by atoms with van der Waals surface area (Å²) in [5.74, 6) is 0.532. The molecule has 1 aliphatic heterocycles. The summed E-state index contributed by atoms with van der Waals surface area (Å²) < 4.78 is 29.3. The minimum atomic E-state index is -3.57. The maximum absolute atomic E-state index is 12.8. The number of carbonyl (C=O) groups is 1. The quantitative estimate of drug-likeness (QED) is 0.614. The number of carbonyl (C=O) groups excluding carboxylic acids is 1. The van der Waals surface area contributed by atoms with Crippen LogP contribution in [0.4, 0.5) is 0 Å². The van der Waals surface area contributed by atoms with Crippen molar-refractivity contribution in [1.82, 2.24) is 19.2 Å². The number of para-hydroxylation sites is 1. The molecule has 9 heteroatoms. The van der Waals surface area contributed by atoms with Gasteiger partial charge in [0.15, 0.2) is 0 Å². The van der Waals surface area contributed by atoms with Gasteiger partial charge in [0.2, 0.25) is 15.9 Å². The fourth-order valence-corrected chi connectivity index (χ4v) is 5.37. The Morgan fingerprint density at radius 1 is 1.06 bits per heavy atom. The topological polar surface area (TPSA) is 101 Å². The van der Waals surface area contributed by atoms with Gasteiger partial charge in [0.25, 0.3) is 5.56 Å². The number of sulfonamides is 1. The third kappa shape index (κ3) is 4.73. The van der Waals surface area contributed by atoms with Crippen molar-refractivity contribution < 1.29 is 13.2 Å². The number of hydrogen-bond donors (Lipinski definition) is 1. The van der Waals surface area contributed by atoms with Crippen LogP contribution in [0.5, 0.6) is 0 Å². The van der Waals surface area contributed by atoms with E-state index in [9.17, 15) is 18.0 Å². The van der Waals surface area contributed by atoms with Crippen LogP contribution in [0.2, 0.25) is 0 Å².